The Balaban J connectivity index is 1.46. The van der Waals surface area contributed by atoms with Crippen LogP contribution in [0.15, 0.2) is 59.5 Å². The van der Waals surface area contributed by atoms with E-state index in [1.54, 1.807) is 0 Å². The summed E-state index contributed by atoms with van der Waals surface area (Å²) in [4.78, 5) is 16.1. The fraction of sp³-hybridized carbons (Fsp3) is 0.316. The standard InChI is InChI=1S/C19H19NOS/c21-19(16-13-18(16)22-15-9-2-1-3-10-15)20-12-6-8-14-7-4-5-11-17(14)20/h1-5,7,9-11,16,18H,6,8,12-13H2/t16-,18-/m0/s1. The fourth-order valence-corrected chi connectivity index (χ4v) is 4.45. The first-order valence-corrected chi connectivity index (χ1v) is 8.82. The van der Waals surface area contributed by atoms with Gasteiger partial charge in [-0.2, -0.15) is 0 Å². The lowest BCUT2D eigenvalue weighted by molar-refractivity contribution is -0.119. The van der Waals surface area contributed by atoms with Crippen molar-refractivity contribution < 1.29 is 4.79 Å². The molecule has 2 aliphatic rings. The molecular weight excluding hydrogens is 290 g/mol. The van der Waals surface area contributed by atoms with Gasteiger partial charge in [-0.05, 0) is 43.0 Å². The summed E-state index contributed by atoms with van der Waals surface area (Å²) in [5.74, 6) is 0.511. The van der Waals surface area contributed by atoms with E-state index in [0.29, 0.717) is 11.2 Å². The Morgan fingerprint density at radius 2 is 1.82 bits per heavy atom. The smallest absolute Gasteiger partial charge is 0.231 e. The summed E-state index contributed by atoms with van der Waals surface area (Å²) in [6, 6.07) is 18.7. The second-order valence-corrected chi connectivity index (χ2v) is 7.35. The van der Waals surface area contributed by atoms with Crippen LogP contribution in [-0.4, -0.2) is 17.7 Å². The minimum atomic E-state index is 0.191. The predicted molar refractivity (Wildman–Crippen MR) is 91.3 cm³/mol. The van der Waals surface area contributed by atoms with E-state index in [2.05, 4.69) is 42.5 Å². The topological polar surface area (TPSA) is 20.3 Å². The Labute approximate surface area is 135 Å². The Morgan fingerprint density at radius 1 is 1.05 bits per heavy atom. The molecular formula is C19H19NOS. The first-order chi connectivity index (χ1) is 10.8. The van der Waals surface area contributed by atoms with Crippen molar-refractivity contribution in [2.24, 2.45) is 5.92 Å². The van der Waals surface area contributed by atoms with Crippen molar-refractivity contribution in [1.82, 2.24) is 0 Å². The van der Waals surface area contributed by atoms with E-state index in [4.69, 9.17) is 0 Å². The van der Waals surface area contributed by atoms with E-state index >= 15 is 0 Å². The van der Waals surface area contributed by atoms with Gasteiger partial charge in [-0.15, -0.1) is 11.8 Å². The van der Waals surface area contributed by atoms with Crippen molar-refractivity contribution in [3.63, 3.8) is 0 Å². The molecule has 0 radical (unpaired) electrons. The molecule has 0 aromatic heterocycles. The highest BCUT2D eigenvalue weighted by molar-refractivity contribution is 8.00. The van der Waals surface area contributed by atoms with Gasteiger partial charge in [0.2, 0.25) is 5.91 Å². The van der Waals surface area contributed by atoms with E-state index in [0.717, 1.165) is 31.5 Å². The number of carbonyl (C=O) groups excluding carboxylic acids is 1. The highest BCUT2D eigenvalue weighted by Gasteiger charge is 2.46. The van der Waals surface area contributed by atoms with E-state index in [1.165, 1.54) is 10.5 Å². The average molecular weight is 309 g/mol. The zero-order valence-electron chi connectivity index (χ0n) is 12.4. The van der Waals surface area contributed by atoms with Gasteiger partial charge in [0.1, 0.15) is 0 Å². The molecule has 1 aliphatic heterocycles. The molecule has 1 fully saturated rings. The van der Waals surface area contributed by atoms with Crippen LogP contribution in [0.2, 0.25) is 0 Å². The van der Waals surface area contributed by atoms with Crippen LogP contribution in [0.3, 0.4) is 0 Å². The number of hydrogen-bond acceptors (Lipinski definition) is 2. The Kier molecular flexibility index (Phi) is 3.67. The van der Waals surface area contributed by atoms with Gasteiger partial charge in [0, 0.05) is 22.4 Å². The first kappa shape index (κ1) is 13.9. The fourth-order valence-electron chi connectivity index (χ4n) is 3.20. The van der Waals surface area contributed by atoms with E-state index in [-0.39, 0.29) is 5.92 Å². The summed E-state index contributed by atoms with van der Waals surface area (Å²) < 4.78 is 0. The van der Waals surface area contributed by atoms with E-state index in [1.807, 2.05) is 28.8 Å². The lowest BCUT2D eigenvalue weighted by atomic mass is 10.0. The van der Waals surface area contributed by atoms with Gasteiger partial charge >= 0.3 is 0 Å². The number of anilines is 1. The van der Waals surface area contributed by atoms with Gasteiger partial charge in [0.15, 0.2) is 0 Å². The van der Waals surface area contributed by atoms with Crippen molar-refractivity contribution in [3.05, 3.63) is 60.2 Å². The van der Waals surface area contributed by atoms with Crippen molar-refractivity contribution >= 4 is 23.4 Å². The van der Waals surface area contributed by atoms with Crippen molar-refractivity contribution in [1.29, 1.82) is 0 Å². The summed E-state index contributed by atoms with van der Waals surface area (Å²) in [5, 5.41) is 0.448. The zero-order valence-corrected chi connectivity index (χ0v) is 13.3. The minimum Gasteiger partial charge on any atom is -0.312 e. The van der Waals surface area contributed by atoms with Crippen molar-refractivity contribution in [3.8, 4) is 0 Å². The lowest BCUT2D eigenvalue weighted by Crippen LogP contribution is -2.37. The molecule has 0 saturated heterocycles. The molecule has 0 unspecified atom stereocenters. The number of rotatable bonds is 3. The molecule has 112 valence electrons. The van der Waals surface area contributed by atoms with Crippen molar-refractivity contribution in [2.75, 3.05) is 11.4 Å². The molecule has 22 heavy (non-hydrogen) atoms. The molecule has 2 aromatic carbocycles. The van der Waals surface area contributed by atoms with Gasteiger partial charge in [0.05, 0.1) is 5.92 Å². The van der Waals surface area contributed by atoms with Crippen LogP contribution in [0.4, 0.5) is 5.69 Å². The summed E-state index contributed by atoms with van der Waals surface area (Å²) >= 11 is 1.84. The number of fused-ring (bicyclic) bond motifs is 1. The number of carbonyl (C=O) groups is 1. The second kappa shape index (κ2) is 5.81. The maximum atomic E-state index is 12.8. The SMILES string of the molecule is O=C([C@H]1C[C@@H]1Sc1ccccc1)N1CCCc2ccccc21. The van der Waals surface area contributed by atoms with Crippen molar-refractivity contribution in [2.45, 2.75) is 29.4 Å². The van der Waals surface area contributed by atoms with Gasteiger partial charge in [-0.3, -0.25) is 4.79 Å². The Hall–Kier alpha value is -1.74. The van der Waals surface area contributed by atoms with Crippen LogP contribution in [-0.2, 0) is 11.2 Å². The van der Waals surface area contributed by atoms with Crippen LogP contribution in [0.25, 0.3) is 0 Å². The van der Waals surface area contributed by atoms with Crippen LogP contribution in [0.1, 0.15) is 18.4 Å². The molecule has 4 rings (SSSR count). The summed E-state index contributed by atoms with van der Waals surface area (Å²) in [6.07, 6.45) is 3.18. The molecule has 0 spiro atoms. The molecule has 1 amide bonds. The minimum absolute atomic E-state index is 0.191. The summed E-state index contributed by atoms with van der Waals surface area (Å²) in [6.45, 7) is 0.870. The molecule has 2 nitrogen and oxygen atoms in total. The van der Waals surface area contributed by atoms with Gasteiger partial charge in [-0.25, -0.2) is 0 Å². The first-order valence-electron chi connectivity index (χ1n) is 7.94. The number of aryl methyl sites for hydroxylation is 1. The molecule has 1 saturated carbocycles. The lowest BCUT2D eigenvalue weighted by Gasteiger charge is -2.29. The normalized spacial score (nSPS) is 23.0. The van der Waals surface area contributed by atoms with Gasteiger partial charge < -0.3 is 4.90 Å². The maximum Gasteiger partial charge on any atom is 0.231 e. The highest BCUT2D eigenvalue weighted by Crippen LogP contribution is 2.47. The number of thioether (sulfide) groups is 1. The number of nitrogens with zero attached hydrogens (tertiary/aromatic N) is 1. The average Bonchev–Trinajstić information content (AvgIpc) is 3.34. The Morgan fingerprint density at radius 3 is 2.68 bits per heavy atom. The maximum absolute atomic E-state index is 12.8. The predicted octanol–water partition coefficient (Wildman–Crippen LogP) is 4.15. The molecule has 0 bridgehead atoms. The van der Waals surface area contributed by atoms with Gasteiger partial charge in [0.25, 0.3) is 0 Å². The molecule has 1 aliphatic carbocycles. The van der Waals surface area contributed by atoms with Crippen LogP contribution >= 0.6 is 11.8 Å². The number of para-hydroxylation sites is 1. The molecule has 3 heteroatoms. The van der Waals surface area contributed by atoms with Crippen LogP contribution in [0.5, 0.6) is 0 Å². The molecule has 0 N–H and O–H groups in total. The summed E-state index contributed by atoms with van der Waals surface area (Å²) in [5.41, 5.74) is 2.45. The van der Waals surface area contributed by atoms with E-state index < -0.39 is 0 Å². The number of hydrogen-bond donors (Lipinski definition) is 0. The van der Waals surface area contributed by atoms with Crippen LogP contribution < -0.4 is 4.90 Å². The molecule has 2 atom stereocenters. The second-order valence-electron chi connectivity index (χ2n) is 6.03. The van der Waals surface area contributed by atoms with Gasteiger partial charge in [-0.1, -0.05) is 36.4 Å². The third-order valence-corrected chi connectivity index (χ3v) is 5.82. The third kappa shape index (κ3) is 2.66. The molecule has 2 aromatic rings. The number of benzene rings is 2. The number of amides is 1. The van der Waals surface area contributed by atoms with E-state index in [9.17, 15) is 4.79 Å². The zero-order chi connectivity index (χ0) is 14.9. The third-order valence-electron chi connectivity index (χ3n) is 4.46. The Bertz CT molecular complexity index is 685. The van der Waals surface area contributed by atoms with Crippen LogP contribution in [0, 0.1) is 5.92 Å². The monoisotopic (exact) mass is 309 g/mol. The summed E-state index contributed by atoms with van der Waals surface area (Å²) in [7, 11) is 0. The largest absolute Gasteiger partial charge is 0.312 e. The molecule has 1 heterocycles. The highest BCUT2D eigenvalue weighted by atomic mass is 32.2. The quantitative estimate of drug-likeness (QED) is 0.849.